The standard InChI is InChI=1S/C9H15N3OS.2ClH/c1-7-12-8(6-14-7)3-5-11-9(13)2-4-10;;/h6H,2-5,10H2,1H3,(H,11,13);2*1H. The molecule has 0 saturated heterocycles. The van der Waals surface area contributed by atoms with E-state index >= 15 is 0 Å². The molecule has 4 nitrogen and oxygen atoms in total. The Bertz CT molecular complexity index is 307. The van der Waals surface area contributed by atoms with Gasteiger partial charge < -0.3 is 11.1 Å². The molecule has 94 valence electrons. The molecule has 0 aliphatic rings. The number of nitrogens with two attached hydrogens (primary N) is 1. The van der Waals surface area contributed by atoms with E-state index in [0.29, 0.717) is 19.5 Å². The molecular weight excluding hydrogens is 269 g/mol. The number of aromatic nitrogens is 1. The maximum absolute atomic E-state index is 11.0. The van der Waals surface area contributed by atoms with E-state index in [1.54, 1.807) is 11.3 Å². The van der Waals surface area contributed by atoms with E-state index in [-0.39, 0.29) is 30.7 Å². The number of hydrogen-bond donors (Lipinski definition) is 2. The Morgan fingerprint density at radius 3 is 2.75 bits per heavy atom. The number of aryl methyl sites for hydroxylation is 1. The smallest absolute Gasteiger partial charge is 0.221 e. The lowest BCUT2D eigenvalue weighted by Crippen LogP contribution is -2.27. The molecule has 16 heavy (non-hydrogen) atoms. The second-order valence-electron chi connectivity index (χ2n) is 3.00. The van der Waals surface area contributed by atoms with Gasteiger partial charge in [-0.15, -0.1) is 36.2 Å². The fourth-order valence-corrected chi connectivity index (χ4v) is 1.72. The Kier molecular flexibility index (Phi) is 11.1. The van der Waals surface area contributed by atoms with E-state index in [1.807, 2.05) is 12.3 Å². The minimum absolute atomic E-state index is 0. The molecular formula is C9H17Cl2N3OS. The second-order valence-corrected chi connectivity index (χ2v) is 4.06. The maximum Gasteiger partial charge on any atom is 0.221 e. The van der Waals surface area contributed by atoms with Crippen molar-refractivity contribution < 1.29 is 4.79 Å². The molecule has 0 aliphatic carbocycles. The zero-order chi connectivity index (χ0) is 10.4. The van der Waals surface area contributed by atoms with Crippen LogP contribution in [0.5, 0.6) is 0 Å². The number of amides is 1. The molecule has 0 radical (unpaired) electrons. The molecule has 0 atom stereocenters. The predicted octanol–water partition coefficient (Wildman–Crippen LogP) is 1.30. The van der Waals surface area contributed by atoms with E-state index < -0.39 is 0 Å². The SMILES string of the molecule is Cc1nc(CCNC(=O)CCN)cs1.Cl.Cl. The van der Waals surface area contributed by atoms with Crippen LogP contribution in [0.1, 0.15) is 17.1 Å². The summed E-state index contributed by atoms with van der Waals surface area (Å²) in [5.41, 5.74) is 6.29. The molecule has 1 aromatic rings. The maximum atomic E-state index is 11.0. The summed E-state index contributed by atoms with van der Waals surface area (Å²) in [6.07, 6.45) is 1.19. The zero-order valence-corrected chi connectivity index (χ0v) is 11.5. The Hall–Kier alpha value is -0.360. The van der Waals surface area contributed by atoms with Crippen molar-refractivity contribution in [3.63, 3.8) is 0 Å². The van der Waals surface area contributed by atoms with Crippen LogP contribution in [-0.2, 0) is 11.2 Å². The van der Waals surface area contributed by atoms with Crippen LogP contribution in [0.15, 0.2) is 5.38 Å². The summed E-state index contributed by atoms with van der Waals surface area (Å²) in [7, 11) is 0. The van der Waals surface area contributed by atoms with Crippen LogP contribution in [-0.4, -0.2) is 24.0 Å². The average molecular weight is 286 g/mol. The second kappa shape index (κ2) is 9.84. The Morgan fingerprint density at radius 1 is 1.56 bits per heavy atom. The number of nitrogens with one attached hydrogen (secondary N) is 1. The van der Waals surface area contributed by atoms with Crippen molar-refractivity contribution in [1.29, 1.82) is 0 Å². The van der Waals surface area contributed by atoms with Crippen LogP contribution in [0.2, 0.25) is 0 Å². The molecule has 0 spiro atoms. The van der Waals surface area contributed by atoms with E-state index in [9.17, 15) is 4.79 Å². The molecule has 0 aliphatic heterocycles. The largest absolute Gasteiger partial charge is 0.356 e. The zero-order valence-electron chi connectivity index (χ0n) is 9.06. The number of carbonyl (C=O) groups is 1. The van der Waals surface area contributed by atoms with Crippen LogP contribution < -0.4 is 11.1 Å². The van der Waals surface area contributed by atoms with Crippen LogP contribution in [0, 0.1) is 6.92 Å². The molecule has 0 unspecified atom stereocenters. The van der Waals surface area contributed by atoms with Crippen LogP contribution in [0.25, 0.3) is 0 Å². The number of carbonyl (C=O) groups excluding carboxylic acids is 1. The highest BCUT2D eigenvalue weighted by molar-refractivity contribution is 7.09. The van der Waals surface area contributed by atoms with Gasteiger partial charge in [-0.3, -0.25) is 4.79 Å². The molecule has 0 bridgehead atoms. The third-order valence-electron chi connectivity index (χ3n) is 1.74. The average Bonchev–Trinajstić information content (AvgIpc) is 2.52. The molecule has 1 aromatic heterocycles. The van der Waals surface area contributed by atoms with Gasteiger partial charge in [-0.2, -0.15) is 0 Å². The summed E-state index contributed by atoms with van der Waals surface area (Å²) in [6.45, 7) is 3.02. The highest BCUT2D eigenvalue weighted by Gasteiger charge is 2.00. The molecule has 7 heteroatoms. The summed E-state index contributed by atoms with van der Waals surface area (Å²) in [5, 5.41) is 5.87. The van der Waals surface area contributed by atoms with Gasteiger partial charge in [-0.25, -0.2) is 4.98 Å². The highest BCUT2D eigenvalue weighted by Crippen LogP contribution is 2.07. The van der Waals surface area contributed by atoms with Gasteiger partial charge in [0.05, 0.1) is 10.7 Å². The lowest BCUT2D eigenvalue weighted by Gasteiger charge is -2.01. The van der Waals surface area contributed by atoms with Gasteiger partial charge in [-0.05, 0) is 6.92 Å². The van der Waals surface area contributed by atoms with Crippen molar-refractivity contribution >= 4 is 42.1 Å². The fourth-order valence-electron chi connectivity index (χ4n) is 1.07. The summed E-state index contributed by atoms with van der Waals surface area (Å²) < 4.78 is 0. The molecule has 0 aromatic carbocycles. The minimum atomic E-state index is 0. The van der Waals surface area contributed by atoms with Crippen LogP contribution in [0.4, 0.5) is 0 Å². The summed E-state index contributed by atoms with van der Waals surface area (Å²) in [4.78, 5) is 15.3. The first kappa shape index (κ1) is 18.0. The van der Waals surface area contributed by atoms with Crippen molar-refractivity contribution in [2.75, 3.05) is 13.1 Å². The van der Waals surface area contributed by atoms with Gasteiger partial charge in [0.2, 0.25) is 5.91 Å². The van der Waals surface area contributed by atoms with Gasteiger partial charge in [0.25, 0.3) is 0 Å². The van der Waals surface area contributed by atoms with Crippen molar-refractivity contribution in [3.05, 3.63) is 16.1 Å². The number of hydrogen-bond acceptors (Lipinski definition) is 4. The Morgan fingerprint density at radius 2 is 2.25 bits per heavy atom. The quantitative estimate of drug-likeness (QED) is 0.857. The Labute approximate surface area is 112 Å². The molecule has 3 N–H and O–H groups in total. The molecule has 1 amide bonds. The molecule has 1 rings (SSSR count). The number of rotatable bonds is 5. The molecule has 0 fully saturated rings. The van der Waals surface area contributed by atoms with E-state index in [2.05, 4.69) is 10.3 Å². The first-order valence-electron chi connectivity index (χ1n) is 4.60. The van der Waals surface area contributed by atoms with Gasteiger partial charge in [0, 0.05) is 31.3 Å². The first-order valence-corrected chi connectivity index (χ1v) is 5.48. The van der Waals surface area contributed by atoms with Gasteiger partial charge in [0.15, 0.2) is 0 Å². The van der Waals surface area contributed by atoms with Gasteiger partial charge >= 0.3 is 0 Å². The predicted molar refractivity (Wildman–Crippen MR) is 71.7 cm³/mol. The van der Waals surface area contributed by atoms with E-state index in [4.69, 9.17) is 5.73 Å². The number of nitrogens with zero attached hydrogens (tertiary/aromatic N) is 1. The number of thiazole rings is 1. The monoisotopic (exact) mass is 285 g/mol. The van der Waals surface area contributed by atoms with E-state index in [0.717, 1.165) is 17.1 Å². The first-order chi connectivity index (χ1) is 6.72. The minimum Gasteiger partial charge on any atom is -0.356 e. The Balaban J connectivity index is 0. The van der Waals surface area contributed by atoms with E-state index in [1.165, 1.54) is 0 Å². The summed E-state index contributed by atoms with van der Waals surface area (Å²) in [5.74, 6) is 0.0134. The third kappa shape index (κ3) is 7.00. The van der Waals surface area contributed by atoms with Crippen LogP contribution in [0.3, 0.4) is 0 Å². The highest BCUT2D eigenvalue weighted by atomic mass is 35.5. The lowest BCUT2D eigenvalue weighted by atomic mass is 10.3. The fraction of sp³-hybridized carbons (Fsp3) is 0.556. The van der Waals surface area contributed by atoms with Gasteiger partial charge in [0.1, 0.15) is 0 Å². The van der Waals surface area contributed by atoms with Gasteiger partial charge in [-0.1, -0.05) is 0 Å². The van der Waals surface area contributed by atoms with Crippen molar-refractivity contribution in [2.24, 2.45) is 5.73 Å². The molecule has 0 saturated carbocycles. The molecule has 1 heterocycles. The van der Waals surface area contributed by atoms with Crippen molar-refractivity contribution in [2.45, 2.75) is 19.8 Å². The van der Waals surface area contributed by atoms with Crippen LogP contribution >= 0.6 is 36.2 Å². The summed E-state index contributed by atoms with van der Waals surface area (Å²) in [6, 6.07) is 0. The topological polar surface area (TPSA) is 68.0 Å². The van der Waals surface area contributed by atoms with Crippen molar-refractivity contribution in [1.82, 2.24) is 10.3 Å². The summed E-state index contributed by atoms with van der Waals surface area (Å²) >= 11 is 1.63. The third-order valence-corrected chi connectivity index (χ3v) is 2.56. The van der Waals surface area contributed by atoms with Crippen molar-refractivity contribution in [3.8, 4) is 0 Å². The number of halogens is 2. The normalized spacial score (nSPS) is 8.88. The lowest BCUT2D eigenvalue weighted by molar-refractivity contribution is -0.120.